The van der Waals surface area contributed by atoms with Gasteiger partial charge in [0, 0.05) is 5.92 Å². The van der Waals surface area contributed by atoms with E-state index >= 15 is 0 Å². The van der Waals surface area contributed by atoms with Crippen LogP contribution < -0.4 is 4.74 Å². The van der Waals surface area contributed by atoms with Gasteiger partial charge in [-0.15, -0.1) is 0 Å². The van der Waals surface area contributed by atoms with E-state index in [1.807, 2.05) is 39.8 Å². The largest absolute Gasteiger partial charge is 0.480 e. The summed E-state index contributed by atoms with van der Waals surface area (Å²) in [5.74, 6) is 0.733. The van der Waals surface area contributed by atoms with E-state index < -0.39 is 12.0 Å². The molecule has 1 aromatic heterocycles. The standard InChI is InChI=1S/C20H23N3O3/c1-5-17(20(24)25)23-13(4)19(18(22-23)14-6-7-14)26-15-8-11(2)16(10-21)12(3)9-15/h8-9,14,17H,5-7H2,1-4H3,(H,24,25). The maximum absolute atomic E-state index is 11.6. The minimum atomic E-state index is -0.892. The second kappa shape index (κ2) is 6.83. The van der Waals surface area contributed by atoms with E-state index in [-0.39, 0.29) is 0 Å². The predicted octanol–water partition coefficient (Wildman–Crippen LogP) is 4.39. The van der Waals surface area contributed by atoms with Crippen LogP contribution in [0.2, 0.25) is 0 Å². The molecule has 1 fully saturated rings. The maximum atomic E-state index is 11.6. The second-order valence-corrected chi connectivity index (χ2v) is 6.93. The number of carbonyl (C=O) groups is 1. The van der Waals surface area contributed by atoms with Crippen LogP contribution in [0.5, 0.6) is 11.5 Å². The summed E-state index contributed by atoms with van der Waals surface area (Å²) < 4.78 is 7.75. The molecule has 0 amide bonds. The Labute approximate surface area is 153 Å². The van der Waals surface area contributed by atoms with Crippen LogP contribution >= 0.6 is 0 Å². The predicted molar refractivity (Wildman–Crippen MR) is 96.6 cm³/mol. The summed E-state index contributed by atoms with van der Waals surface area (Å²) in [6.45, 7) is 7.45. The highest BCUT2D eigenvalue weighted by Crippen LogP contribution is 2.46. The molecule has 0 aliphatic heterocycles. The topological polar surface area (TPSA) is 88.1 Å². The molecular formula is C20H23N3O3. The summed E-state index contributed by atoms with van der Waals surface area (Å²) in [6.07, 6.45) is 2.54. The minimum absolute atomic E-state index is 0.330. The Hall–Kier alpha value is -2.81. The lowest BCUT2D eigenvalue weighted by Gasteiger charge is -2.13. The molecule has 0 spiro atoms. The van der Waals surface area contributed by atoms with Crippen LogP contribution in [-0.2, 0) is 4.79 Å². The third-order valence-corrected chi connectivity index (χ3v) is 4.89. The fourth-order valence-electron chi connectivity index (χ4n) is 3.31. The third kappa shape index (κ3) is 3.17. The molecule has 2 aromatic rings. The number of nitrogens with zero attached hydrogens (tertiary/aromatic N) is 3. The zero-order valence-corrected chi connectivity index (χ0v) is 15.5. The molecule has 1 aliphatic carbocycles. The second-order valence-electron chi connectivity index (χ2n) is 6.93. The summed E-state index contributed by atoms with van der Waals surface area (Å²) in [5, 5.41) is 23.3. The van der Waals surface area contributed by atoms with Gasteiger partial charge in [-0.2, -0.15) is 10.4 Å². The highest BCUT2D eigenvalue weighted by Gasteiger charge is 2.34. The molecule has 26 heavy (non-hydrogen) atoms. The Morgan fingerprint density at radius 3 is 2.46 bits per heavy atom. The zero-order valence-electron chi connectivity index (χ0n) is 15.5. The number of hydrogen-bond donors (Lipinski definition) is 1. The molecule has 1 saturated carbocycles. The first-order chi connectivity index (χ1) is 12.4. The number of benzene rings is 1. The summed E-state index contributed by atoms with van der Waals surface area (Å²) >= 11 is 0. The van der Waals surface area contributed by atoms with Gasteiger partial charge in [-0.3, -0.25) is 4.68 Å². The Kier molecular flexibility index (Phi) is 4.73. The van der Waals surface area contributed by atoms with Crippen LogP contribution in [0.3, 0.4) is 0 Å². The molecule has 0 saturated heterocycles. The molecule has 6 nitrogen and oxygen atoms in total. The third-order valence-electron chi connectivity index (χ3n) is 4.89. The van der Waals surface area contributed by atoms with E-state index in [0.717, 1.165) is 35.4 Å². The monoisotopic (exact) mass is 353 g/mol. The first kappa shape index (κ1) is 18.0. The van der Waals surface area contributed by atoms with E-state index in [1.54, 1.807) is 4.68 Å². The number of hydrogen-bond acceptors (Lipinski definition) is 4. The first-order valence-corrected chi connectivity index (χ1v) is 8.88. The SMILES string of the molecule is CCC(C(=O)O)n1nc(C2CC2)c(Oc2cc(C)c(C#N)c(C)c2)c1C. The number of rotatable bonds is 6. The highest BCUT2D eigenvalue weighted by atomic mass is 16.5. The first-order valence-electron chi connectivity index (χ1n) is 8.88. The van der Waals surface area contributed by atoms with Crippen molar-refractivity contribution in [3.63, 3.8) is 0 Å². The van der Waals surface area contributed by atoms with Crippen molar-refractivity contribution in [2.45, 2.75) is 58.9 Å². The molecule has 0 bridgehead atoms. The van der Waals surface area contributed by atoms with Crippen molar-refractivity contribution < 1.29 is 14.6 Å². The number of aliphatic carboxylic acids is 1. The van der Waals surface area contributed by atoms with Gasteiger partial charge in [-0.25, -0.2) is 4.79 Å². The highest BCUT2D eigenvalue weighted by molar-refractivity contribution is 5.72. The van der Waals surface area contributed by atoms with E-state index in [9.17, 15) is 15.2 Å². The van der Waals surface area contributed by atoms with Gasteiger partial charge < -0.3 is 9.84 Å². The van der Waals surface area contributed by atoms with Gasteiger partial charge in [0.25, 0.3) is 0 Å². The van der Waals surface area contributed by atoms with E-state index in [0.29, 0.717) is 29.4 Å². The fourth-order valence-corrected chi connectivity index (χ4v) is 3.31. The summed E-state index contributed by atoms with van der Waals surface area (Å²) in [6, 6.07) is 5.19. The van der Waals surface area contributed by atoms with Gasteiger partial charge in [0.15, 0.2) is 5.75 Å². The molecule has 1 N–H and O–H groups in total. The molecule has 3 rings (SSSR count). The summed E-state index contributed by atoms with van der Waals surface area (Å²) in [4.78, 5) is 11.6. The fraction of sp³-hybridized carbons (Fsp3) is 0.450. The molecule has 136 valence electrons. The van der Waals surface area contributed by atoms with Crippen molar-refractivity contribution in [3.05, 3.63) is 40.2 Å². The van der Waals surface area contributed by atoms with Gasteiger partial charge in [-0.1, -0.05) is 6.92 Å². The lowest BCUT2D eigenvalue weighted by atomic mass is 10.0. The quantitative estimate of drug-likeness (QED) is 0.832. The summed E-state index contributed by atoms with van der Waals surface area (Å²) in [5.41, 5.74) is 3.93. The molecule has 6 heteroatoms. The van der Waals surface area contributed by atoms with Crippen LogP contribution in [0.4, 0.5) is 0 Å². The van der Waals surface area contributed by atoms with Crippen molar-refractivity contribution >= 4 is 5.97 Å². The molecule has 1 heterocycles. The Bertz CT molecular complexity index is 881. The van der Waals surface area contributed by atoms with Crippen LogP contribution in [0.15, 0.2) is 12.1 Å². The van der Waals surface area contributed by atoms with Crippen molar-refractivity contribution in [1.29, 1.82) is 5.26 Å². The van der Waals surface area contributed by atoms with Gasteiger partial charge in [-0.05, 0) is 63.3 Å². The number of carboxylic acid groups (broad SMARTS) is 1. The van der Waals surface area contributed by atoms with Crippen molar-refractivity contribution in [2.24, 2.45) is 0 Å². The molecule has 1 unspecified atom stereocenters. The molecule has 1 aromatic carbocycles. The van der Waals surface area contributed by atoms with Gasteiger partial charge >= 0.3 is 5.97 Å². The number of aryl methyl sites for hydroxylation is 2. The van der Waals surface area contributed by atoms with Crippen LogP contribution in [-0.4, -0.2) is 20.9 Å². The lowest BCUT2D eigenvalue weighted by Crippen LogP contribution is -2.20. The van der Waals surface area contributed by atoms with Gasteiger partial charge in [0.2, 0.25) is 0 Å². The Morgan fingerprint density at radius 2 is 2.00 bits per heavy atom. The van der Waals surface area contributed by atoms with Crippen molar-refractivity contribution in [1.82, 2.24) is 9.78 Å². The lowest BCUT2D eigenvalue weighted by molar-refractivity contribution is -0.141. The van der Waals surface area contributed by atoms with Crippen molar-refractivity contribution in [2.75, 3.05) is 0 Å². The van der Waals surface area contributed by atoms with E-state index in [2.05, 4.69) is 11.2 Å². The number of ether oxygens (including phenoxy) is 1. The van der Waals surface area contributed by atoms with Crippen LogP contribution in [0.25, 0.3) is 0 Å². The minimum Gasteiger partial charge on any atom is -0.480 e. The zero-order chi connectivity index (χ0) is 19.0. The average molecular weight is 353 g/mol. The normalized spacial score (nSPS) is 14.7. The Morgan fingerprint density at radius 1 is 1.38 bits per heavy atom. The number of aromatic nitrogens is 2. The number of carboxylic acids is 1. The van der Waals surface area contributed by atoms with E-state index in [4.69, 9.17) is 4.74 Å². The molecule has 0 radical (unpaired) electrons. The number of nitriles is 1. The van der Waals surface area contributed by atoms with Crippen LogP contribution in [0, 0.1) is 32.1 Å². The Balaban J connectivity index is 2.04. The van der Waals surface area contributed by atoms with Gasteiger partial charge in [0.05, 0.1) is 17.3 Å². The molecule has 1 aliphatic rings. The van der Waals surface area contributed by atoms with Gasteiger partial charge in [0.1, 0.15) is 17.5 Å². The van der Waals surface area contributed by atoms with E-state index in [1.165, 1.54) is 0 Å². The smallest absolute Gasteiger partial charge is 0.328 e. The summed E-state index contributed by atoms with van der Waals surface area (Å²) in [7, 11) is 0. The maximum Gasteiger partial charge on any atom is 0.328 e. The molecule has 1 atom stereocenters. The molecular weight excluding hydrogens is 330 g/mol. The van der Waals surface area contributed by atoms with Crippen molar-refractivity contribution in [3.8, 4) is 17.6 Å². The average Bonchev–Trinajstić information content (AvgIpc) is 3.36. The van der Waals surface area contributed by atoms with Crippen LogP contribution in [0.1, 0.15) is 66.2 Å².